The molecule has 4 heteroatoms. The van der Waals surface area contributed by atoms with Crippen LogP contribution < -0.4 is 5.73 Å². The summed E-state index contributed by atoms with van der Waals surface area (Å²) in [6.07, 6.45) is 0.666. The largest absolute Gasteiger partial charge is 0.399 e. The molecule has 0 aromatic heterocycles. The third-order valence-electron chi connectivity index (χ3n) is 3.22. The Morgan fingerprint density at radius 3 is 2.88 bits per heavy atom. The predicted molar refractivity (Wildman–Crippen MR) is 72.9 cm³/mol. The molecule has 1 fully saturated rings. The van der Waals surface area contributed by atoms with Crippen molar-refractivity contribution in [1.82, 2.24) is 4.90 Å². The van der Waals surface area contributed by atoms with Crippen molar-refractivity contribution in [1.29, 1.82) is 0 Å². The lowest BCUT2D eigenvalue weighted by atomic mass is 10.1. The second-order valence-corrected chi connectivity index (χ2v) is 5.34. The second kappa shape index (κ2) is 5.08. The van der Waals surface area contributed by atoms with Crippen LogP contribution in [0.15, 0.2) is 18.2 Å². The molecule has 1 amide bonds. The van der Waals surface area contributed by atoms with Crippen molar-refractivity contribution in [2.75, 3.05) is 17.6 Å². The SMILES string of the molecule is Cc1cc(CN2CC(CBr)CC2=O)ccc1N. The van der Waals surface area contributed by atoms with Crippen LogP contribution in [0.2, 0.25) is 0 Å². The predicted octanol–water partition coefficient (Wildman–Crippen LogP) is 2.32. The molecule has 1 aliphatic rings. The minimum absolute atomic E-state index is 0.254. The van der Waals surface area contributed by atoms with Gasteiger partial charge in [-0.3, -0.25) is 4.79 Å². The lowest BCUT2D eigenvalue weighted by Gasteiger charge is -2.17. The van der Waals surface area contributed by atoms with Crippen LogP contribution >= 0.6 is 15.9 Å². The van der Waals surface area contributed by atoms with Gasteiger partial charge in [-0.15, -0.1) is 0 Å². The second-order valence-electron chi connectivity index (χ2n) is 4.69. The number of nitrogens with two attached hydrogens (primary N) is 1. The van der Waals surface area contributed by atoms with Gasteiger partial charge in [0.05, 0.1) is 0 Å². The highest BCUT2D eigenvalue weighted by Gasteiger charge is 2.28. The number of amides is 1. The molecule has 1 aromatic carbocycles. The van der Waals surface area contributed by atoms with E-state index in [1.54, 1.807) is 0 Å². The Labute approximate surface area is 110 Å². The van der Waals surface area contributed by atoms with Gasteiger partial charge in [-0.1, -0.05) is 28.1 Å². The topological polar surface area (TPSA) is 46.3 Å². The molecule has 1 atom stereocenters. The van der Waals surface area contributed by atoms with E-state index in [0.717, 1.165) is 28.7 Å². The van der Waals surface area contributed by atoms with Crippen molar-refractivity contribution in [3.8, 4) is 0 Å². The normalized spacial score (nSPS) is 20.0. The number of nitrogen functional groups attached to an aromatic ring is 1. The molecule has 1 saturated heterocycles. The highest BCUT2D eigenvalue weighted by molar-refractivity contribution is 9.09. The van der Waals surface area contributed by atoms with Crippen LogP contribution in [-0.2, 0) is 11.3 Å². The van der Waals surface area contributed by atoms with Crippen molar-refractivity contribution in [3.05, 3.63) is 29.3 Å². The summed E-state index contributed by atoms with van der Waals surface area (Å²) in [5.74, 6) is 0.710. The van der Waals surface area contributed by atoms with Crippen LogP contribution in [0.4, 0.5) is 5.69 Å². The molecule has 0 radical (unpaired) electrons. The number of carbonyl (C=O) groups is 1. The van der Waals surface area contributed by atoms with Gasteiger partial charge in [0.25, 0.3) is 0 Å². The fourth-order valence-electron chi connectivity index (χ4n) is 2.17. The number of anilines is 1. The van der Waals surface area contributed by atoms with E-state index in [0.29, 0.717) is 18.9 Å². The van der Waals surface area contributed by atoms with Crippen molar-refractivity contribution in [2.24, 2.45) is 5.92 Å². The van der Waals surface area contributed by atoms with Gasteiger partial charge in [0, 0.05) is 30.5 Å². The van der Waals surface area contributed by atoms with Gasteiger partial charge in [-0.25, -0.2) is 0 Å². The lowest BCUT2D eigenvalue weighted by Crippen LogP contribution is -2.24. The Morgan fingerprint density at radius 2 is 2.29 bits per heavy atom. The fraction of sp³-hybridized carbons (Fsp3) is 0.462. The van der Waals surface area contributed by atoms with Crippen molar-refractivity contribution < 1.29 is 4.79 Å². The minimum Gasteiger partial charge on any atom is -0.399 e. The molecule has 2 rings (SSSR count). The zero-order valence-electron chi connectivity index (χ0n) is 9.95. The summed E-state index contributed by atoms with van der Waals surface area (Å²) in [6, 6.07) is 5.97. The van der Waals surface area contributed by atoms with Crippen LogP contribution in [0.1, 0.15) is 17.5 Å². The van der Waals surface area contributed by atoms with Gasteiger partial charge in [0.2, 0.25) is 5.91 Å². The summed E-state index contributed by atoms with van der Waals surface area (Å²) in [5.41, 5.74) is 8.81. The molecule has 92 valence electrons. The molecule has 0 spiro atoms. The fourth-order valence-corrected chi connectivity index (χ4v) is 2.60. The maximum absolute atomic E-state index is 11.8. The Kier molecular flexibility index (Phi) is 3.72. The number of likely N-dealkylation sites (tertiary alicyclic amines) is 1. The molecule has 1 aliphatic heterocycles. The zero-order valence-corrected chi connectivity index (χ0v) is 11.5. The van der Waals surface area contributed by atoms with E-state index in [2.05, 4.69) is 22.0 Å². The summed E-state index contributed by atoms with van der Waals surface area (Å²) in [5, 5.41) is 0.899. The Hall–Kier alpha value is -1.03. The van der Waals surface area contributed by atoms with E-state index >= 15 is 0 Å². The summed E-state index contributed by atoms with van der Waals surface area (Å²) in [6.45, 7) is 3.54. The van der Waals surface area contributed by atoms with E-state index in [1.807, 2.05) is 24.0 Å². The first kappa shape index (κ1) is 12.4. The average Bonchev–Trinajstić information content (AvgIpc) is 2.65. The molecular formula is C13H17BrN2O. The van der Waals surface area contributed by atoms with E-state index in [9.17, 15) is 4.79 Å². The maximum atomic E-state index is 11.8. The highest BCUT2D eigenvalue weighted by atomic mass is 79.9. The van der Waals surface area contributed by atoms with E-state index < -0.39 is 0 Å². The van der Waals surface area contributed by atoms with Crippen LogP contribution in [0.25, 0.3) is 0 Å². The highest BCUT2D eigenvalue weighted by Crippen LogP contribution is 2.22. The molecule has 0 saturated carbocycles. The van der Waals surface area contributed by atoms with Crippen LogP contribution in [0.3, 0.4) is 0 Å². The zero-order chi connectivity index (χ0) is 12.4. The van der Waals surface area contributed by atoms with Crippen LogP contribution in [0.5, 0.6) is 0 Å². The smallest absolute Gasteiger partial charge is 0.223 e. The number of rotatable bonds is 3. The number of alkyl halides is 1. The van der Waals surface area contributed by atoms with Crippen LogP contribution in [0, 0.1) is 12.8 Å². The number of halogens is 1. The van der Waals surface area contributed by atoms with Crippen molar-refractivity contribution in [2.45, 2.75) is 19.9 Å². The van der Waals surface area contributed by atoms with E-state index in [4.69, 9.17) is 5.73 Å². The summed E-state index contributed by atoms with van der Waals surface area (Å²) in [4.78, 5) is 13.7. The molecule has 0 aliphatic carbocycles. The lowest BCUT2D eigenvalue weighted by molar-refractivity contribution is -0.128. The average molecular weight is 297 g/mol. The van der Waals surface area contributed by atoms with Gasteiger partial charge >= 0.3 is 0 Å². The maximum Gasteiger partial charge on any atom is 0.223 e. The summed E-state index contributed by atoms with van der Waals surface area (Å²) in [7, 11) is 0. The quantitative estimate of drug-likeness (QED) is 0.687. The van der Waals surface area contributed by atoms with Crippen LogP contribution in [-0.4, -0.2) is 22.7 Å². The number of hydrogen-bond donors (Lipinski definition) is 1. The number of benzene rings is 1. The number of carbonyl (C=O) groups excluding carboxylic acids is 1. The first-order valence-electron chi connectivity index (χ1n) is 5.79. The Morgan fingerprint density at radius 1 is 1.53 bits per heavy atom. The third kappa shape index (κ3) is 2.80. The van der Waals surface area contributed by atoms with Gasteiger partial charge in [0.15, 0.2) is 0 Å². The van der Waals surface area contributed by atoms with Crippen molar-refractivity contribution >= 4 is 27.5 Å². The number of nitrogens with zero attached hydrogens (tertiary/aromatic N) is 1. The molecule has 1 heterocycles. The first-order valence-corrected chi connectivity index (χ1v) is 6.91. The number of hydrogen-bond acceptors (Lipinski definition) is 2. The molecular weight excluding hydrogens is 280 g/mol. The monoisotopic (exact) mass is 296 g/mol. The molecule has 3 nitrogen and oxygen atoms in total. The van der Waals surface area contributed by atoms with Gasteiger partial charge in [-0.2, -0.15) is 0 Å². The van der Waals surface area contributed by atoms with Gasteiger partial charge < -0.3 is 10.6 Å². The number of aryl methyl sites for hydroxylation is 1. The molecule has 0 bridgehead atoms. The molecule has 17 heavy (non-hydrogen) atoms. The minimum atomic E-state index is 0.254. The van der Waals surface area contributed by atoms with Gasteiger partial charge in [0.1, 0.15) is 0 Å². The summed E-state index contributed by atoms with van der Waals surface area (Å²) < 4.78 is 0. The first-order chi connectivity index (χ1) is 8.10. The van der Waals surface area contributed by atoms with Crippen molar-refractivity contribution in [3.63, 3.8) is 0 Å². The Bertz CT molecular complexity index is 433. The van der Waals surface area contributed by atoms with E-state index in [-0.39, 0.29) is 5.91 Å². The van der Waals surface area contributed by atoms with E-state index in [1.165, 1.54) is 0 Å². The standard InChI is InChI=1S/C13H17BrN2O/c1-9-4-10(2-3-12(9)15)7-16-8-11(6-14)5-13(16)17/h2-4,11H,5-8,15H2,1H3. The molecule has 2 N–H and O–H groups in total. The third-order valence-corrected chi connectivity index (χ3v) is 4.14. The van der Waals surface area contributed by atoms with Gasteiger partial charge in [-0.05, 0) is 30.0 Å². The molecule has 1 unspecified atom stereocenters. The molecule has 1 aromatic rings. The Balaban J connectivity index is 2.06. The summed E-state index contributed by atoms with van der Waals surface area (Å²) >= 11 is 3.44.